The number of furan rings is 1. The van der Waals surface area contributed by atoms with Crippen molar-refractivity contribution in [1.29, 1.82) is 0 Å². The summed E-state index contributed by atoms with van der Waals surface area (Å²) >= 11 is 0. The van der Waals surface area contributed by atoms with Crippen molar-refractivity contribution in [3.63, 3.8) is 0 Å². The zero-order valence-electron chi connectivity index (χ0n) is 11.6. The molecule has 0 spiro atoms. The molecular formula is C14H25N3O. The van der Waals surface area contributed by atoms with Gasteiger partial charge in [-0.25, -0.2) is 0 Å². The van der Waals surface area contributed by atoms with Crippen LogP contribution in [-0.2, 0) is 13.1 Å². The predicted octanol–water partition coefficient (Wildman–Crippen LogP) is 1.65. The van der Waals surface area contributed by atoms with Crippen LogP contribution in [0.15, 0.2) is 16.7 Å². The molecule has 4 nitrogen and oxygen atoms in total. The average Bonchev–Trinajstić information content (AvgIpc) is 3.01. The first-order valence-corrected chi connectivity index (χ1v) is 7.00. The largest absolute Gasteiger partial charge is 0.468 e. The van der Waals surface area contributed by atoms with Gasteiger partial charge in [0, 0.05) is 31.2 Å². The first-order chi connectivity index (χ1) is 8.78. The summed E-state index contributed by atoms with van der Waals surface area (Å²) in [6, 6.07) is 2.68. The van der Waals surface area contributed by atoms with Crippen LogP contribution >= 0.6 is 0 Å². The highest BCUT2D eigenvalue weighted by Gasteiger charge is 2.26. The fraction of sp³-hybridized carbons (Fsp3) is 0.714. The fourth-order valence-electron chi connectivity index (χ4n) is 2.88. The maximum Gasteiger partial charge on any atom is 0.122 e. The van der Waals surface area contributed by atoms with E-state index in [0.717, 1.165) is 44.0 Å². The maximum absolute atomic E-state index is 5.70. The minimum atomic E-state index is 0.569. The van der Waals surface area contributed by atoms with Gasteiger partial charge in [0.15, 0.2) is 0 Å². The number of hydrogen-bond donors (Lipinski definition) is 1. The monoisotopic (exact) mass is 251 g/mol. The lowest BCUT2D eigenvalue weighted by Gasteiger charge is -2.26. The van der Waals surface area contributed by atoms with Gasteiger partial charge in [-0.3, -0.25) is 9.80 Å². The molecule has 102 valence electrons. The van der Waals surface area contributed by atoms with Gasteiger partial charge in [-0.15, -0.1) is 0 Å². The molecule has 0 bridgehead atoms. The van der Waals surface area contributed by atoms with Gasteiger partial charge in [-0.2, -0.15) is 0 Å². The molecule has 0 saturated carbocycles. The lowest BCUT2D eigenvalue weighted by molar-refractivity contribution is 0.204. The van der Waals surface area contributed by atoms with Gasteiger partial charge in [0.05, 0.1) is 12.8 Å². The first kappa shape index (κ1) is 13.6. The molecule has 0 aromatic carbocycles. The predicted molar refractivity (Wildman–Crippen MR) is 73.2 cm³/mol. The van der Waals surface area contributed by atoms with E-state index in [1.54, 1.807) is 6.26 Å². The second-order valence-electron chi connectivity index (χ2n) is 4.97. The third kappa shape index (κ3) is 2.94. The van der Waals surface area contributed by atoms with Crippen molar-refractivity contribution in [3.8, 4) is 0 Å². The molecule has 18 heavy (non-hydrogen) atoms. The smallest absolute Gasteiger partial charge is 0.122 e. The van der Waals surface area contributed by atoms with Crippen LogP contribution in [0.25, 0.3) is 0 Å². The highest BCUT2D eigenvalue weighted by molar-refractivity contribution is 5.16. The summed E-state index contributed by atoms with van der Waals surface area (Å²) in [5, 5.41) is 0. The van der Waals surface area contributed by atoms with Crippen molar-refractivity contribution in [3.05, 3.63) is 23.7 Å². The van der Waals surface area contributed by atoms with Crippen LogP contribution in [0.5, 0.6) is 0 Å². The Morgan fingerprint density at radius 2 is 2.22 bits per heavy atom. The molecule has 1 fully saturated rings. The summed E-state index contributed by atoms with van der Waals surface area (Å²) in [7, 11) is 0. The Bertz CT molecular complexity index is 360. The van der Waals surface area contributed by atoms with E-state index in [9.17, 15) is 0 Å². The van der Waals surface area contributed by atoms with E-state index < -0.39 is 0 Å². The van der Waals surface area contributed by atoms with Crippen molar-refractivity contribution >= 4 is 0 Å². The fourth-order valence-corrected chi connectivity index (χ4v) is 2.88. The van der Waals surface area contributed by atoms with Crippen LogP contribution in [0.1, 0.15) is 31.6 Å². The van der Waals surface area contributed by atoms with Crippen LogP contribution < -0.4 is 5.73 Å². The van der Waals surface area contributed by atoms with E-state index in [1.165, 1.54) is 6.42 Å². The van der Waals surface area contributed by atoms with Crippen LogP contribution in [0.4, 0.5) is 0 Å². The van der Waals surface area contributed by atoms with Crippen molar-refractivity contribution in [2.75, 3.05) is 26.2 Å². The van der Waals surface area contributed by atoms with E-state index in [-0.39, 0.29) is 0 Å². The van der Waals surface area contributed by atoms with Crippen molar-refractivity contribution < 1.29 is 4.42 Å². The van der Waals surface area contributed by atoms with Gasteiger partial charge in [0.2, 0.25) is 0 Å². The Morgan fingerprint density at radius 1 is 1.44 bits per heavy atom. The van der Waals surface area contributed by atoms with Gasteiger partial charge in [0.1, 0.15) is 5.76 Å². The molecule has 0 radical (unpaired) electrons. The summed E-state index contributed by atoms with van der Waals surface area (Å²) in [6.45, 7) is 10.5. The topological polar surface area (TPSA) is 45.6 Å². The summed E-state index contributed by atoms with van der Waals surface area (Å²) < 4.78 is 5.53. The van der Waals surface area contributed by atoms with Gasteiger partial charge >= 0.3 is 0 Å². The Balaban J connectivity index is 1.89. The lowest BCUT2D eigenvalue weighted by atomic mass is 10.2. The van der Waals surface area contributed by atoms with Crippen molar-refractivity contribution in [2.24, 2.45) is 5.73 Å². The van der Waals surface area contributed by atoms with E-state index in [1.807, 2.05) is 6.07 Å². The zero-order valence-corrected chi connectivity index (χ0v) is 11.6. The minimum Gasteiger partial charge on any atom is -0.468 e. The SMILES string of the molecule is CCN(CC)C1CCN(Cc2occc2CN)C1. The standard InChI is InChI=1S/C14H25N3O/c1-3-17(4-2)13-5-7-16(10-13)11-14-12(9-15)6-8-18-14/h6,8,13H,3-5,7,9-11,15H2,1-2H3. The van der Waals surface area contributed by atoms with Crippen molar-refractivity contribution in [2.45, 2.75) is 39.4 Å². The summed E-state index contributed by atoms with van der Waals surface area (Å²) in [4.78, 5) is 5.02. The molecule has 1 aromatic rings. The number of nitrogens with two attached hydrogens (primary N) is 1. The molecule has 0 aliphatic carbocycles. The molecule has 2 N–H and O–H groups in total. The van der Waals surface area contributed by atoms with E-state index in [4.69, 9.17) is 10.2 Å². The second-order valence-corrected chi connectivity index (χ2v) is 4.97. The summed E-state index contributed by atoms with van der Waals surface area (Å²) in [5.74, 6) is 1.04. The molecule has 2 rings (SSSR count). The minimum absolute atomic E-state index is 0.569. The molecule has 1 aliphatic heterocycles. The molecule has 2 heterocycles. The maximum atomic E-state index is 5.70. The highest BCUT2D eigenvalue weighted by Crippen LogP contribution is 2.20. The molecule has 1 aromatic heterocycles. The molecular weight excluding hydrogens is 226 g/mol. The highest BCUT2D eigenvalue weighted by atomic mass is 16.3. The first-order valence-electron chi connectivity index (χ1n) is 7.00. The zero-order chi connectivity index (χ0) is 13.0. The van der Waals surface area contributed by atoms with Gasteiger partial charge < -0.3 is 10.2 Å². The second kappa shape index (κ2) is 6.36. The Morgan fingerprint density at radius 3 is 2.89 bits per heavy atom. The third-order valence-electron chi connectivity index (χ3n) is 4.00. The molecule has 4 heteroatoms. The molecule has 1 saturated heterocycles. The molecule has 0 amide bonds. The Kier molecular flexibility index (Phi) is 4.80. The summed E-state index contributed by atoms with van der Waals surface area (Å²) in [6.07, 6.45) is 3.01. The van der Waals surface area contributed by atoms with E-state index >= 15 is 0 Å². The molecule has 1 unspecified atom stereocenters. The third-order valence-corrected chi connectivity index (χ3v) is 4.00. The van der Waals surface area contributed by atoms with Crippen molar-refractivity contribution in [1.82, 2.24) is 9.80 Å². The summed E-state index contributed by atoms with van der Waals surface area (Å²) in [5.41, 5.74) is 6.84. The number of hydrogen-bond acceptors (Lipinski definition) is 4. The Hall–Kier alpha value is -0.840. The van der Waals surface area contributed by atoms with Crippen LogP contribution in [0.2, 0.25) is 0 Å². The van der Waals surface area contributed by atoms with Gasteiger partial charge in [0.25, 0.3) is 0 Å². The van der Waals surface area contributed by atoms with E-state index in [2.05, 4.69) is 23.6 Å². The van der Waals surface area contributed by atoms with Crippen LogP contribution in [0.3, 0.4) is 0 Å². The average molecular weight is 251 g/mol. The molecule has 1 atom stereocenters. The quantitative estimate of drug-likeness (QED) is 0.835. The van der Waals surface area contributed by atoms with Crippen LogP contribution in [0, 0.1) is 0 Å². The van der Waals surface area contributed by atoms with Gasteiger partial charge in [-0.1, -0.05) is 13.8 Å². The Labute approximate surface area is 110 Å². The number of rotatable bonds is 6. The number of likely N-dealkylation sites (tertiary alicyclic amines) is 1. The normalized spacial score (nSPS) is 21.0. The molecule has 1 aliphatic rings. The lowest BCUT2D eigenvalue weighted by Crippen LogP contribution is -2.37. The van der Waals surface area contributed by atoms with Gasteiger partial charge in [-0.05, 0) is 25.6 Å². The number of nitrogens with zero attached hydrogens (tertiary/aromatic N) is 2. The van der Waals surface area contributed by atoms with Crippen LogP contribution in [-0.4, -0.2) is 42.0 Å². The number of likely N-dealkylation sites (N-methyl/N-ethyl adjacent to an activating group) is 1. The van der Waals surface area contributed by atoms with E-state index in [0.29, 0.717) is 12.6 Å².